The minimum absolute atomic E-state index is 0.166. The lowest BCUT2D eigenvalue weighted by atomic mass is 9.99. The van der Waals surface area contributed by atoms with Crippen molar-refractivity contribution in [2.45, 2.75) is 31.6 Å². The number of benzene rings is 2. The number of sulfonamides is 1. The summed E-state index contributed by atoms with van der Waals surface area (Å²) in [5.41, 5.74) is 1.41. The summed E-state index contributed by atoms with van der Waals surface area (Å²) >= 11 is 0. The average Bonchev–Trinajstić information content (AvgIpc) is 2.72. The zero-order valence-corrected chi connectivity index (χ0v) is 18.0. The van der Waals surface area contributed by atoms with Crippen LogP contribution in [0.5, 0.6) is 5.75 Å². The van der Waals surface area contributed by atoms with Gasteiger partial charge in [-0.25, -0.2) is 8.42 Å². The number of anilines is 1. The van der Waals surface area contributed by atoms with Crippen molar-refractivity contribution in [2.24, 2.45) is 5.92 Å². The molecule has 1 aliphatic heterocycles. The van der Waals surface area contributed by atoms with Gasteiger partial charge < -0.3 is 9.64 Å². The maximum atomic E-state index is 13.4. The Bertz CT molecular complexity index is 932. The first-order valence-corrected chi connectivity index (χ1v) is 11.3. The van der Waals surface area contributed by atoms with Crippen LogP contribution >= 0.6 is 0 Å². The lowest BCUT2D eigenvalue weighted by Gasteiger charge is -2.32. The molecule has 1 heterocycles. The Morgan fingerprint density at radius 1 is 1.07 bits per heavy atom. The van der Waals surface area contributed by atoms with Crippen molar-refractivity contribution < 1.29 is 17.9 Å². The Labute approximate surface area is 173 Å². The SMILES string of the molecule is COc1ccc(N(CC(=O)N2CCC(C)CC2)S(=O)(=O)c2ccc(C)cc2)cc1. The van der Waals surface area contributed by atoms with Crippen LogP contribution < -0.4 is 9.04 Å². The number of piperidine rings is 1. The molecule has 0 unspecified atom stereocenters. The fraction of sp³-hybridized carbons (Fsp3) is 0.409. The van der Waals surface area contributed by atoms with Crippen LogP contribution in [0.4, 0.5) is 5.69 Å². The Kier molecular flexibility index (Phi) is 6.47. The van der Waals surface area contributed by atoms with Gasteiger partial charge in [-0.15, -0.1) is 0 Å². The molecule has 1 amide bonds. The van der Waals surface area contributed by atoms with Crippen molar-refractivity contribution in [2.75, 3.05) is 31.0 Å². The van der Waals surface area contributed by atoms with E-state index < -0.39 is 10.0 Å². The molecule has 0 aromatic heterocycles. The highest BCUT2D eigenvalue weighted by Gasteiger charge is 2.30. The van der Waals surface area contributed by atoms with Crippen LogP contribution in [0.25, 0.3) is 0 Å². The molecule has 156 valence electrons. The molecule has 1 fully saturated rings. The molecule has 6 nitrogen and oxygen atoms in total. The molecule has 0 aliphatic carbocycles. The van der Waals surface area contributed by atoms with Gasteiger partial charge in [0.2, 0.25) is 5.91 Å². The van der Waals surface area contributed by atoms with E-state index in [9.17, 15) is 13.2 Å². The molecule has 0 bridgehead atoms. The number of ether oxygens (including phenoxy) is 1. The van der Waals surface area contributed by atoms with Gasteiger partial charge in [-0.05, 0) is 62.1 Å². The Hall–Kier alpha value is -2.54. The van der Waals surface area contributed by atoms with Crippen LogP contribution in [-0.4, -0.2) is 46.0 Å². The van der Waals surface area contributed by atoms with Crippen LogP contribution in [0.1, 0.15) is 25.3 Å². The van der Waals surface area contributed by atoms with Gasteiger partial charge in [0.1, 0.15) is 12.3 Å². The summed E-state index contributed by atoms with van der Waals surface area (Å²) < 4.78 is 33.2. The summed E-state index contributed by atoms with van der Waals surface area (Å²) in [6.45, 7) is 5.19. The minimum atomic E-state index is -3.89. The highest BCUT2D eigenvalue weighted by Crippen LogP contribution is 2.27. The third-order valence-corrected chi connectivity index (χ3v) is 7.17. The second kappa shape index (κ2) is 8.86. The number of carbonyl (C=O) groups is 1. The quantitative estimate of drug-likeness (QED) is 0.723. The van der Waals surface area contributed by atoms with E-state index in [4.69, 9.17) is 4.74 Å². The first kappa shape index (κ1) is 21.2. The Balaban J connectivity index is 1.92. The first-order valence-electron chi connectivity index (χ1n) is 9.82. The second-order valence-electron chi connectivity index (χ2n) is 7.59. The van der Waals surface area contributed by atoms with E-state index in [-0.39, 0.29) is 17.3 Å². The van der Waals surface area contributed by atoms with Crippen LogP contribution in [-0.2, 0) is 14.8 Å². The van der Waals surface area contributed by atoms with Gasteiger partial charge in [-0.3, -0.25) is 9.10 Å². The van der Waals surface area contributed by atoms with Crippen molar-refractivity contribution in [3.05, 3.63) is 54.1 Å². The highest BCUT2D eigenvalue weighted by molar-refractivity contribution is 7.92. The molecule has 29 heavy (non-hydrogen) atoms. The van der Waals surface area contributed by atoms with Gasteiger partial charge in [0.25, 0.3) is 10.0 Å². The first-order chi connectivity index (χ1) is 13.8. The summed E-state index contributed by atoms with van der Waals surface area (Å²) in [5.74, 6) is 1.04. The van der Waals surface area contributed by atoms with Gasteiger partial charge in [-0.1, -0.05) is 24.6 Å². The smallest absolute Gasteiger partial charge is 0.264 e. The predicted molar refractivity (Wildman–Crippen MR) is 114 cm³/mol. The normalized spacial score (nSPS) is 15.2. The molecule has 0 atom stereocenters. The van der Waals surface area contributed by atoms with Crippen molar-refractivity contribution in [3.8, 4) is 5.75 Å². The van der Waals surface area contributed by atoms with Crippen LogP contribution in [0, 0.1) is 12.8 Å². The number of hydrogen-bond donors (Lipinski definition) is 0. The molecule has 0 spiro atoms. The molecule has 3 rings (SSSR count). The highest BCUT2D eigenvalue weighted by atomic mass is 32.2. The largest absolute Gasteiger partial charge is 0.497 e. The Morgan fingerprint density at radius 2 is 1.66 bits per heavy atom. The predicted octanol–water partition coefficient (Wildman–Crippen LogP) is 3.46. The van der Waals surface area contributed by atoms with Gasteiger partial charge >= 0.3 is 0 Å². The maximum absolute atomic E-state index is 13.4. The molecule has 0 N–H and O–H groups in total. The molecular formula is C22H28N2O4S. The molecule has 0 radical (unpaired) electrons. The summed E-state index contributed by atoms with van der Waals surface area (Å²) in [6, 6.07) is 13.4. The minimum Gasteiger partial charge on any atom is -0.497 e. The third kappa shape index (κ3) is 4.90. The number of methoxy groups -OCH3 is 1. The number of amides is 1. The number of carbonyl (C=O) groups excluding carboxylic acids is 1. The standard InChI is InChI=1S/C22H28N2O4S/c1-17-4-10-21(11-5-17)29(26,27)24(19-6-8-20(28-3)9-7-19)16-22(25)23-14-12-18(2)13-15-23/h4-11,18H,12-16H2,1-3H3. The van der Waals surface area contributed by atoms with E-state index in [1.807, 2.05) is 6.92 Å². The van der Waals surface area contributed by atoms with Crippen molar-refractivity contribution in [1.82, 2.24) is 4.90 Å². The molecule has 0 saturated carbocycles. The summed E-state index contributed by atoms with van der Waals surface area (Å²) in [7, 11) is -2.34. The van der Waals surface area contributed by atoms with Crippen molar-refractivity contribution >= 4 is 21.6 Å². The second-order valence-corrected chi connectivity index (χ2v) is 9.45. The van der Waals surface area contributed by atoms with Gasteiger partial charge in [-0.2, -0.15) is 0 Å². The number of nitrogens with zero attached hydrogens (tertiary/aromatic N) is 2. The van der Waals surface area contributed by atoms with E-state index in [1.165, 1.54) is 4.31 Å². The van der Waals surface area contributed by atoms with Gasteiger partial charge in [0.15, 0.2) is 0 Å². The molecule has 1 aliphatic rings. The fourth-order valence-electron chi connectivity index (χ4n) is 3.38. The van der Waals surface area contributed by atoms with E-state index in [2.05, 4.69) is 6.92 Å². The van der Waals surface area contributed by atoms with Gasteiger partial charge in [0.05, 0.1) is 17.7 Å². The zero-order chi connectivity index (χ0) is 21.0. The number of likely N-dealkylation sites (tertiary alicyclic amines) is 1. The number of rotatable bonds is 6. The fourth-order valence-corrected chi connectivity index (χ4v) is 4.80. The molecule has 2 aromatic rings. The average molecular weight is 417 g/mol. The molecule has 7 heteroatoms. The number of hydrogen-bond acceptors (Lipinski definition) is 4. The molecule has 1 saturated heterocycles. The molecule has 2 aromatic carbocycles. The lowest BCUT2D eigenvalue weighted by Crippen LogP contribution is -2.45. The van der Waals surface area contributed by atoms with E-state index in [0.29, 0.717) is 30.4 Å². The van der Waals surface area contributed by atoms with Gasteiger partial charge in [0, 0.05) is 13.1 Å². The summed E-state index contributed by atoms with van der Waals surface area (Å²) in [4.78, 5) is 14.9. The van der Waals surface area contributed by atoms with Crippen LogP contribution in [0.3, 0.4) is 0 Å². The topological polar surface area (TPSA) is 66.9 Å². The third-order valence-electron chi connectivity index (χ3n) is 5.38. The van der Waals surface area contributed by atoms with E-state index in [0.717, 1.165) is 18.4 Å². The molecular weight excluding hydrogens is 388 g/mol. The van der Waals surface area contributed by atoms with E-state index in [1.54, 1.807) is 60.5 Å². The van der Waals surface area contributed by atoms with Crippen molar-refractivity contribution in [1.29, 1.82) is 0 Å². The number of aryl methyl sites for hydroxylation is 1. The van der Waals surface area contributed by atoms with E-state index >= 15 is 0 Å². The van der Waals surface area contributed by atoms with Crippen LogP contribution in [0.15, 0.2) is 53.4 Å². The van der Waals surface area contributed by atoms with Crippen molar-refractivity contribution in [3.63, 3.8) is 0 Å². The monoisotopic (exact) mass is 416 g/mol. The lowest BCUT2D eigenvalue weighted by molar-refractivity contribution is -0.130. The summed E-state index contributed by atoms with van der Waals surface area (Å²) in [5, 5.41) is 0. The summed E-state index contributed by atoms with van der Waals surface area (Å²) in [6.07, 6.45) is 1.89. The zero-order valence-electron chi connectivity index (χ0n) is 17.2. The Morgan fingerprint density at radius 3 is 2.21 bits per heavy atom. The van der Waals surface area contributed by atoms with Crippen LogP contribution in [0.2, 0.25) is 0 Å². The maximum Gasteiger partial charge on any atom is 0.264 e.